The smallest absolute Gasteiger partial charge is 0.330 e. The molecule has 4 aliphatic carbocycles. The maximum atomic E-state index is 12.9. The van der Waals surface area contributed by atoms with Gasteiger partial charge in [0.2, 0.25) is 0 Å². The molecule has 2 bridgehead atoms. The van der Waals surface area contributed by atoms with Gasteiger partial charge in [0, 0.05) is 11.5 Å². The molecule has 4 fully saturated rings. The Balaban J connectivity index is 1.47. The summed E-state index contributed by atoms with van der Waals surface area (Å²) < 4.78 is 10.4. The van der Waals surface area contributed by atoms with Crippen molar-refractivity contribution in [3.63, 3.8) is 0 Å². The Labute approximate surface area is 147 Å². The Morgan fingerprint density at radius 2 is 1.76 bits per heavy atom. The van der Waals surface area contributed by atoms with Crippen LogP contribution < -0.4 is 0 Å². The topological polar surface area (TPSA) is 93.1 Å². The Hall–Kier alpha value is -1.40. The fraction of sp³-hybridized carbons (Fsp3) is 0.789. The number of hydrogen-bond donors (Lipinski definition) is 2. The fourth-order valence-electron chi connectivity index (χ4n) is 7.68. The molecule has 4 saturated carbocycles. The number of aliphatic hydroxyl groups excluding tert-OH is 1. The molecule has 138 valence electrons. The summed E-state index contributed by atoms with van der Waals surface area (Å²) in [6.45, 7) is 7.10. The van der Waals surface area contributed by atoms with E-state index < -0.39 is 29.7 Å². The van der Waals surface area contributed by atoms with Crippen LogP contribution in [0.5, 0.6) is 0 Å². The van der Waals surface area contributed by atoms with Crippen LogP contribution in [-0.4, -0.2) is 47.1 Å². The van der Waals surface area contributed by atoms with Crippen molar-refractivity contribution in [2.24, 2.45) is 21.7 Å². The zero-order valence-electron chi connectivity index (χ0n) is 14.8. The first kappa shape index (κ1) is 17.0. The summed E-state index contributed by atoms with van der Waals surface area (Å²) in [5.74, 6) is -0.946. The number of rotatable bonds is 6. The van der Waals surface area contributed by atoms with Crippen LogP contribution in [0.25, 0.3) is 0 Å². The van der Waals surface area contributed by atoms with Gasteiger partial charge in [-0.25, -0.2) is 4.79 Å². The highest BCUT2D eigenvalue weighted by Gasteiger charge is 2.93. The van der Waals surface area contributed by atoms with E-state index in [0.717, 1.165) is 31.8 Å². The van der Waals surface area contributed by atoms with Crippen molar-refractivity contribution in [3.05, 3.63) is 12.7 Å². The van der Waals surface area contributed by atoms with Crippen molar-refractivity contribution in [1.82, 2.24) is 0 Å². The van der Waals surface area contributed by atoms with Crippen molar-refractivity contribution >= 4 is 11.9 Å². The van der Waals surface area contributed by atoms with E-state index in [9.17, 15) is 19.8 Å². The number of carbonyl (C=O) groups is 2. The third-order valence-corrected chi connectivity index (χ3v) is 7.77. The molecule has 3 atom stereocenters. The van der Waals surface area contributed by atoms with Crippen molar-refractivity contribution in [3.8, 4) is 0 Å². The van der Waals surface area contributed by atoms with Crippen LogP contribution in [-0.2, 0) is 19.1 Å². The van der Waals surface area contributed by atoms with Gasteiger partial charge in [-0.1, -0.05) is 20.4 Å². The Morgan fingerprint density at radius 3 is 2.20 bits per heavy atom. The molecule has 25 heavy (non-hydrogen) atoms. The van der Waals surface area contributed by atoms with Crippen LogP contribution in [0.1, 0.15) is 46.0 Å². The van der Waals surface area contributed by atoms with Gasteiger partial charge in [0.05, 0.1) is 17.6 Å². The van der Waals surface area contributed by atoms with Crippen molar-refractivity contribution < 1.29 is 29.3 Å². The maximum Gasteiger partial charge on any atom is 0.330 e. The summed E-state index contributed by atoms with van der Waals surface area (Å²) in [7, 11) is 0. The molecular formula is C19H26O6. The minimum atomic E-state index is -0.886. The molecule has 6 nitrogen and oxygen atoms in total. The fourth-order valence-corrected chi connectivity index (χ4v) is 7.68. The van der Waals surface area contributed by atoms with Gasteiger partial charge in [0.25, 0.3) is 0 Å². The normalized spacial score (nSPS) is 49.4. The molecule has 0 aromatic carbocycles. The number of aliphatic hydroxyl groups is 2. The van der Waals surface area contributed by atoms with Gasteiger partial charge < -0.3 is 19.7 Å². The molecule has 0 radical (unpaired) electrons. The number of fused-ring (bicyclic) bond motifs is 1. The molecule has 0 aliphatic heterocycles. The van der Waals surface area contributed by atoms with Crippen LogP contribution in [0, 0.1) is 21.7 Å². The summed E-state index contributed by atoms with van der Waals surface area (Å²) in [4.78, 5) is 24.2. The van der Waals surface area contributed by atoms with Crippen molar-refractivity contribution in [1.29, 1.82) is 0 Å². The van der Waals surface area contributed by atoms with Crippen LogP contribution in [0.15, 0.2) is 12.7 Å². The summed E-state index contributed by atoms with van der Waals surface area (Å²) in [6, 6.07) is 0. The van der Waals surface area contributed by atoms with Gasteiger partial charge in [-0.2, -0.15) is 0 Å². The highest BCUT2D eigenvalue weighted by atomic mass is 16.6. The van der Waals surface area contributed by atoms with Crippen LogP contribution in [0.4, 0.5) is 0 Å². The third-order valence-electron chi connectivity index (χ3n) is 7.77. The van der Waals surface area contributed by atoms with Gasteiger partial charge >= 0.3 is 11.9 Å². The van der Waals surface area contributed by atoms with E-state index in [1.807, 2.05) is 0 Å². The SMILES string of the molecule is C=CC(=O)OC(CO)COC(=O)C12CC3(C)CC4(O)CC(C)(C1)C34C2. The van der Waals surface area contributed by atoms with Gasteiger partial charge in [0.15, 0.2) is 6.10 Å². The minimum absolute atomic E-state index is 0.00228. The predicted octanol–water partition coefficient (Wildman–Crippen LogP) is 1.34. The molecule has 0 aromatic rings. The molecule has 0 amide bonds. The lowest BCUT2D eigenvalue weighted by Crippen LogP contribution is -2.81. The predicted molar refractivity (Wildman–Crippen MR) is 87.2 cm³/mol. The average molecular weight is 350 g/mol. The lowest BCUT2D eigenvalue weighted by molar-refractivity contribution is -0.382. The second-order valence-corrected chi connectivity index (χ2v) is 9.27. The number of ether oxygens (including phenoxy) is 2. The Morgan fingerprint density at radius 1 is 1.16 bits per heavy atom. The lowest BCUT2D eigenvalue weighted by Gasteiger charge is -2.81. The van der Waals surface area contributed by atoms with E-state index >= 15 is 0 Å². The summed E-state index contributed by atoms with van der Waals surface area (Å²) in [6.07, 6.45) is 3.82. The second-order valence-electron chi connectivity index (χ2n) is 9.27. The van der Waals surface area contributed by atoms with E-state index in [0.29, 0.717) is 6.42 Å². The lowest BCUT2D eigenvalue weighted by atomic mass is 9.25. The number of esters is 2. The van der Waals surface area contributed by atoms with Gasteiger partial charge in [0.1, 0.15) is 6.61 Å². The van der Waals surface area contributed by atoms with Gasteiger partial charge in [-0.05, 0) is 42.9 Å². The molecule has 4 rings (SSSR count). The summed E-state index contributed by atoms with van der Waals surface area (Å²) in [5.41, 5.74) is -1.33. The molecule has 0 heterocycles. The standard InChI is InChI=1S/C19H26O6/c1-4-13(21)25-12(5-20)6-24-14(22)17-7-15(2)9-18(23)10-16(3,8-17)19(15,18)11-17/h4,12,20,23H,1,5-11H2,2-3H3. The van der Waals surface area contributed by atoms with E-state index in [-0.39, 0.29) is 28.8 Å². The molecule has 0 aromatic heterocycles. The molecule has 6 heteroatoms. The third kappa shape index (κ3) is 1.72. The molecule has 0 saturated heterocycles. The van der Waals surface area contributed by atoms with E-state index in [1.165, 1.54) is 0 Å². The largest absolute Gasteiger partial charge is 0.461 e. The van der Waals surface area contributed by atoms with Gasteiger partial charge in [-0.3, -0.25) is 4.79 Å². The summed E-state index contributed by atoms with van der Waals surface area (Å²) in [5, 5.41) is 20.2. The zero-order valence-corrected chi connectivity index (χ0v) is 14.8. The van der Waals surface area contributed by atoms with Crippen LogP contribution in [0.3, 0.4) is 0 Å². The molecule has 3 unspecified atom stereocenters. The Kier molecular flexibility index (Phi) is 3.17. The second kappa shape index (κ2) is 4.65. The number of hydrogen-bond acceptors (Lipinski definition) is 6. The highest BCUT2D eigenvalue weighted by Crippen LogP contribution is 2.94. The van der Waals surface area contributed by atoms with Crippen LogP contribution >= 0.6 is 0 Å². The zero-order chi connectivity index (χ0) is 18.3. The highest BCUT2D eigenvalue weighted by molar-refractivity contribution is 5.81. The van der Waals surface area contributed by atoms with Crippen LogP contribution in [0.2, 0.25) is 0 Å². The van der Waals surface area contributed by atoms with E-state index in [2.05, 4.69) is 20.4 Å². The van der Waals surface area contributed by atoms with E-state index in [1.54, 1.807) is 0 Å². The number of carbonyl (C=O) groups excluding carboxylic acids is 2. The monoisotopic (exact) mass is 350 g/mol. The molecule has 2 N–H and O–H groups in total. The average Bonchev–Trinajstić information content (AvgIpc) is 2.93. The molecule has 4 aliphatic rings. The quantitative estimate of drug-likeness (QED) is 0.555. The summed E-state index contributed by atoms with van der Waals surface area (Å²) >= 11 is 0. The van der Waals surface area contributed by atoms with E-state index in [4.69, 9.17) is 9.47 Å². The molecule has 1 spiro atoms. The minimum Gasteiger partial charge on any atom is -0.461 e. The first-order valence-corrected chi connectivity index (χ1v) is 8.93. The van der Waals surface area contributed by atoms with Crippen molar-refractivity contribution in [2.75, 3.05) is 13.2 Å². The Bertz CT molecular complexity index is 647. The first-order valence-electron chi connectivity index (χ1n) is 8.93. The van der Waals surface area contributed by atoms with Crippen molar-refractivity contribution in [2.45, 2.75) is 57.7 Å². The maximum absolute atomic E-state index is 12.9. The first-order chi connectivity index (χ1) is 11.6. The van der Waals surface area contributed by atoms with Gasteiger partial charge in [-0.15, -0.1) is 0 Å². The molecular weight excluding hydrogens is 324 g/mol.